The van der Waals surface area contributed by atoms with Gasteiger partial charge in [-0.3, -0.25) is 0 Å². The van der Waals surface area contributed by atoms with Gasteiger partial charge in [0.15, 0.2) is 0 Å². The zero-order chi connectivity index (χ0) is 58.2. The summed E-state index contributed by atoms with van der Waals surface area (Å²) in [7, 11) is 0. The van der Waals surface area contributed by atoms with Crippen LogP contribution in [0.3, 0.4) is 0 Å². The third-order valence-electron chi connectivity index (χ3n) is 14.7. The Morgan fingerprint density at radius 2 is 0.560 bits per heavy atom. The summed E-state index contributed by atoms with van der Waals surface area (Å²) < 4.78 is 0. The zero-order valence-electron chi connectivity index (χ0n) is 54.6. The minimum atomic E-state index is 0.241. The Balaban J connectivity index is 0.000000455. The Morgan fingerprint density at radius 3 is 0.867 bits per heavy atom. The van der Waals surface area contributed by atoms with Gasteiger partial charge in [-0.2, -0.15) is 0 Å². The third kappa shape index (κ3) is 22.8. The van der Waals surface area contributed by atoms with Gasteiger partial charge in [-0.1, -0.05) is 256 Å². The maximum absolute atomic E-state index is 2.40. The fourth-order valence-electron chi connectivity index (χ4n) is 9.76. The molecule has 0 radical (unpaired) electrons. The molecule has 0 heteroatoms. The van der Waals surface area contributed by atoms with E-state index in [0.29, 0.717) is 29.6 Å². The molecule has 0 heterocycles. The predicted octanol–water partition coefficient (Wildman–Crippen LogP) is 23.3. The van der Waals surface area contributed by atoms with Crippen LogP contribution in [0.2, 0.25) is 0 Å². The van der Waals surface area contributed by atoms with Crippen LogP contribution in [0.15, 0.2) is 97.1 Å². The van der Waals surface area contributed by atoms with Crippen LogP contribution in [0.1, 0.15) is 272 Å². The predicted molar refractivity (Wildman–Crippen MR) is 342 cm³/mol. The molecular weight excluding hydrogens is 901 g/mol. The minimum absolute atomic E-state index is 0.241. The fourth-order valence-corrected chi connectivity index (χ4v) is 9.76. The molecule has 0 saturated carbocycles. The number of benzene rings is 6. The van der Waals surface area contributed by atoms with Crippen LogP contribution >= 0.6 is 0 Å². The lowest BCUT2D eigenvalue weighted by molar-refractivity contribution is 0.566. The molecule has 0 aliphatic heterocycles. The molecule has 6 aromatic carbocycles. The molecule has 0 aliphatic carbocycles. The maximum atomic E-state index is 2.40. The van der Waals surface area contributed by atoms with E-state index in [1.165, 1.54) is 111 Å². The summed E-state index contributed by atoms with van der Waals surface area (Å²) in [6.07, 6.45) is 0. The van der Waals surface area contributed by atoms with Crippen LogP contribution in [0, 0.1) is 83.1 Å². The highest BCUT2D eigenvalue weighted by Gasteiger charge is 2.21. The topological polar surface area (TPSA) is 0 Å². The molecule has 0 fully saturated rings. The van der Waals surface area contributed by atoms with Gasteiger partial charge in [0.1, 0.15) is 0 Å². The lowest BCUT2D eigenvalue weighted by Crippen LogP contribution is -2.17. The van der Waals surface area contributed by atoms with Crippen molar-refractivity contribution in [1.82, 2.24) is 0 Å². The average Bonchev–Trinajstić information content (AvgIpc) is 3.27. The summed E-state index contributed by atoms with van der Waals surface area (Å²) in [5.74, 6) is 3.13. The second-order valence-electron chi connectivity index (χ2n) is 26.9. The zero-order valence-corrected chi connectivity index (χ0v) is 54.6. The lowest BCUT2D eigenvalue weighted by atomic mass is 9.79. The SMILES string of the molecule is Cc1c(C(C)C)cc(C(C)C)cc1C(C)C.Cc1cc(C(C)C)c(C)c(C(C)C)c1.Cc1cc(C)c(C)c(C)c1.Cc1ccc(C(C)(C)C)cc1C(C)(C)C.Cc1ccc(C)c(C(C)(C)C)c1.Cc1ccc(C)cc1. The van der Waals surface area contributed by atoms with Crippen molar-refractivity contribution in [3.05, 3.63) is 208 Å². The van der Waals surface area contributed by atoms with E-state index in [1.807, 2.05) is 0 Å². The molecule has 0 atom stereocenters. The standard InChI is InChI=1S/C16H26.C15H24.C14H22.C12H18.C10H14.C8H10/c1-10(2)14-8-15(11(3)4)13(7)16(9-14)12(5)6;1-11-8-9-12(14(2,3)4)10-13(11)15(5,6)7;1-9(2)13-7-11(5)8-14(10(3)4)12(13)6;1-9-6-7-10(2)11(8-9)12(3,4)5;1-7-5-8(2)10(4)9(3)6-7;1-7-3-5-8(2)6-4-7/h8-12H,1-7H3;8-10H,1-7H3;7-10H,1-6H3;6-8H,1-5H3;5-6H,1-4H3;3-6H,1-2H3. The minimum Gasteiger partial charge on any atom is -0.0591 e. The van der Waals surface area contributed by atoms with Gasteiger partial charge in [-0.25, -0.2) is 0 Å². The molecule has 414 valence electrons. The molecule has 0 aliphatic rings. The Morgan fingerprint density at radius 1 is 0.253 bits per heavy atom. The number of aryl methyl sites for hydroxylation is 9. The summed E-state index contributed by atoms with van der Waals surface area (Å²) in [5, 5.41) is 0. The second kappa shape index (κ2) is 29.7. The molecule has 0 nitrogen and oxygen atoms in total. The molecule has 0 unspecified atom stereocenters. The lowest BCUT2D eigenvalue weighted by Gasteiger charge is -2.26. The van der Waals surface area contributed by atoms with Crippen LogP contribution in [0.4, 0.5) is 0 Å². The first-order valence-corrected chi connectivity index (χ1v) is 28.7. The molecule has 75 heavy (non-hydrogen) atoms. The van der Waals surface area contributed by atoms with E-state index in [1.54, 1.807) is 0 Å². The van der Waals surface area contributed by atoms with Crippen LogP contribution in [0.5, 0.6) is 0 Å². The highest BCUT2D eigenvalue weighted by atomic mass is 14.3. The molecule has 6 rings (SSSR count). The molecule has 6 aromatic rings. The summed E-state index contributed by atoms with van der Waals surface area (Å²) in [4.78, 5) is 0. The van der Waals surface area contributed by atoms with Crippen molar-refractivity contribution in [3.63, 3.8) is 0 Å². The molecule has 0 bridgehead atoms. The first kappa shape index (κ1) is 68.3. The van der Waals surface area contributed by atoms with Crippen molar-refractivity contribution in [2.75, 3.05) is 0 Å². The Bertz CT molecular complexity index is 2560. The second-order valence-corrected chi connectivity index (χ2v) is 26.9. The maximum Gasteiger partial charge on any atom is -0.0129 e. The first-order valence-electron chi connectivity index (χ1n) is 28.7. The largest absolute Gasteiger partial charge is 0.0591 e. The van der Waals surface area contributed by atoms with Crippen molar-refractivity contribution < 1.29 is 0 Å². The van der Waals surface area contributed by atoms with Crippen molar-refractivity contribution in [2.45, 2.75) is 260 Å². The molecule has 0 spiro atoms. The van der Waals surface area contributed by atoms with E-state index < -0.39 is 0 Å². The van der Waals surface area contributed by atoms with E-state index in [4.69, 9.17) is 0 Å². The fraction of sp³-hybridized carbons (Fsp3) is 0.520. The van der Waals surface area contributed by atoms with E-state index in [2.05, 4.69) is 312 Å². The van der Waals surface area contributed by atoms with Gasteiger partial charge in [0.25, 0.3) is 0 Å². The number of rotatable bonds is 5. The molecule has 0 saturated heterocycles. The molecule has 0 amide bonds. The number of hydrogen-bond donors (Lipinski definition) is 0. The number of hydrogen-bond acceptors (Lipinski definition) is 0. The van der Waals surface area contributed by atoms with Gasteiger partial charge < -0.3 is 0 Å². The quantitative estimate of drug-likeness (QED) is 0.161. The summed E-state index contributed by atoms with van der Waals surface area (Å²) in [6, 6.07) is 35.9. The third-order valence-corrected chi connectivity index (χ3v) is 14.7. The van der Waals surface area contributed by atoms with Gasteiger partial charge in [-0.05, 0) is 212 Å². The van der Waals surface area contributed by atoms with Crippen molar-refractivity contribution in [2.24, 2.45) is 0 Å². The van der Waals surface area contributed by atoms with E-state index in [0.717, 1.165) is 0 Å². The van der Waals surface area contributed by atoms with Gasteiger partial charge in [-0.15, -0.1) is 0 Å². The molecular formula is C75H114. The van der Waals surface area contributed by atoms with Crippen molar-refractivity contribution >= 4 is 0 Å². The van der Waals surface area contributed by atoms with Gasteiger partial charge in [0.05, 0.1) is 0 Å². The smallest absolute Gasteiger partial charge is 0.0129 e. The Labute approximate surface area is 466 Å². The Hall–Kier alpha value is -4.68. The highest BCUT2D eigenvalue weighted by Crippen LogP contribution is 2.33. The van der Waals surface area contributed by atoms with Gasteiger partial charge in [0, 0.05) is 0 Å². The van der Waals surface area contributed by atoms with Crippen molar-refractivity contribution in [1.29, 1.82) is 0 Å². The summed E-state index contributed by atoms with van der Waals surface area (Å²) in [5.41, 5.74) is 29.4. The van der Waals surface area contributed by atoms with Crippen LogP contribution in [-0.2, 0) is 16.2 Å². The van der Waals surface area contributed by atoms with Gasteiger partial charge in [0.2, 0.25) is 0 Å². The van der Waals surface area contributed by atoms with Gasteiger partial charge >= 0.3 is 0 Å². The van der Waals surface area contributed by atoms with E-state index in [9.17, 15) is 0 Å². The normalized spacial score (nSPS) is 11.5. The summed E-state index contributed by atoms with van der Waals surface area (Å²) in [6.45, 7) is 69.3. The Kier molecular flexibility index (Phi) is 27.1. The summed E-state index contributed by atoms with van der Waals surface area (Å²) >= 11 is 0. The monoisotopic (exact) mass is 1010 g/mol. The molecule has 0 N–H and O–H groups in total. The van der Waals surface area contributed by atoms with Crippen LogP contribution in [0.25, 0.3) is 0 Å². The van der Waals surface area contributed by atoms with Crippen LogP contribution in [-0.4, -0.2) is 0 Å². The van der Waals surface area contributed by atoms with E-state index in [-0.39, 0.29) is 16.2 Å². The highest BCUT2D eigenvalue weighted by molar-refractivity contribution is 5.44. The van der Waals surface area contributed by atoms with Crippen LogP contribution < -0.4 is 0 Å². The molecule has 0 aromatic heterocycles. The van der Waals surface area contributed by atoms with E-state index >= 15 is 0 Å². The average molecular weight is 1020 g/mol. The van der Waals surface area contributed by atoms with Crippen molar-refractivity contribution in [3.8, 4) is 0 Å². The first-order chi connectivity index (χ1) is 34.2.